The van der Waals surface area contributed by atoms with Gasteiger partial charge in [0.2, 0.25) is 0 Å². The van der Waals surface area contributed by atoms with E-state index in [4.69, 9.17) is 9.15 Å². The minimum atomic E-state index is -4.67. The number of ether oxygens (including phenoxy) is 1. The lowest BCUT2D eigenvalue weighted by Crippen LogP contribution is -2.11. The molecule has 112 valence electrons. The van der Waals surface area contributed by atoms with Gasteiger partial charge in [-0.3, -0.25) is 4.79 Å². The predicted octanol–water partition coefficient (Wildman–Crippen LogP) is 3.52. The van der Waals surface area contributed by atoms with Gasteiger partial charge >= 0.3 is 17.8 Å². The summed E-state index contributed by atoms with van der Waals surface area (Å²) >= 11 is 0. The van der Waals surface area contributed by atoms with Crippen molar-refractivity contribution in [3.63, 3.8) is 0 Å². The molecule has 1 aromatic heterocycles. The molecule has 0 bridgehead atoms. The number of fused-ring (bicyclic) bond motifs is 1. The fourth-order valence-corrected chi connectivity index (χ4v) is 1.83. The van der Waals surface area contributed by atoms with Crippen molar-refractivity contribution in [3.05, 3.63) is 40.2 Å². The minimum Gasteiger partial charge on any atom is -0.426 e. The molecule has 0 N–H and O–H groups in total. The summed E-state index contributed by atoms with van der Waals surface area (Å²) in [5.41, 5.74) is -2.48. The molecule has 4 nitrogen and oxygen atoms in total. The summed E-state index contributed by atoms with van der Waals surface area (Å²) in [4.78, 5) is 22.6. The van der Waals surface area contributed by atoms with E-state index in [0.717, 1.165) is 12.1 Å². The highest BCUT2D eigenvalue weighted by Gasteiger charge is 2.33. The van der Waals surface area contributed by atoms with E-state index in [1.165, 1.54) is 6.07 Å². The topological polar surface area (TPSA) is 56.5 Å². The van der Waals surface area contributed by atoms with Crippen LogP contribution in [-0.2, 0) is 11.0 Å². The lowest BCUT2D eigenvalue weighted by atomic mass is 10.1. The Kier molecular flexibility index (Phi) is 4.02. The normalized spacial score (nSPS) is 11.6. The lowest BCUT2D eigenvalue weighted by molar-refractivity contribution is -0.137. The second-order valence-electron chi connectivity index (χ2n) is 4.36. The molecule has 2 rings (SSSR count). The van der Waals surface area contributed by atoms with Crippen molar-refractivity contribution in [3.8, 4) is 5.75 Å². The number of esters is 1. The lowest BCUT2D eigenvalue weighted by Gasteiger charge is -2.10. The molecular formula is C14H11F3O4. The summed E-state index contributed by atoms with van der Waals surface area (Å²) in [7, 11) is 0. The largest absolute Gasteiger partial charge is 0.426 e. The van der Waals surface area contributed by atoms with Crippen LogP contribution >= 0.6 is 0 Å². The molecule has 1 heterocycles. The Labute approximate surface area is 117 Å². The van der Waals surface area contributed by atoms with E-state index in [1.54, 1.807) is 6.92 Å². The molecule has 0 atom stereocenters. The van der Waals surface area contributed by atoms with Gasteiger partial charge in [0.25, 0.3) is 0 Å². The second-order valence-corrected chi connectivity index (χ2v) is 4.36. The van der Waals surface area contributed by atoms with Crippen LogP contribution in [-0.4, -0.2) is 5.97 Å². The van der Waals surface area contributed by atoms with Crippen molar-refractivity contribution < 1.29 is 27.1 Å². The van der Waals surface area contributed by atoms with Gasteiger partial charge in [-0.05, 0) is 18.6 Å². The van der Waals surface area contributed by atoms with Crippen LogP contribution in [0.1, 0.15) is 25.3 Å². The smallest absolute Gasteiger partial charge is 0.417 e. The van der Waals surface area contributed by atoms with Gasteiger partial charge in [-0.15, -0.1) is 0 Å². The molecule has 0 spiro atoms. The van der Waals surface area contributed by atoms with Gasteiger partial charge in [-0.2, -0.15) is 13.2 Å². The highest BCUT2D eigenvalue weighted by atomic mass is 19.4. The van der Waals surface area contributed by atoms with Crippen LogP contribution in [0.3, 0.4) is 0 Å². The number of hydrogen-bond donors (Lipinski definition) is 0. The fourth-order valence-electron chi connectivity index (χ4n) is 1.83. The van der Waals surface area contributed by atoms with Crippen molar-refractivity contribution in [2.45, 2.75) is 25.9 Å². The van der Waals surface area contributed by atoms with E-state index in [-0.39, 0.29) is 23.1 Å². The maximum atomic E-state index is 12.8. The van der Waals surface area contributed by atoms with Crippen LogP contribution in [0.5, 0.6) is 5.75 Å². The Morgan fingerprint density at radius 1 is 1.29 bits per heavy atom. The number of benzene rings is 1. The number of carbonyl (C=O) groups excluding carboxylic acids is 1. The first kappa shape index (κ1) is 15.1. The molecule has 1 aromatic carbocycles. The Bertz CT molecular complexity index is 731. The highest BCUT2D eigenvalue weighted by molar-refractivity contribution is 5.83. The maximum Gasteiger partial charge on any atom is 0.417 e. The van der Waals surface area contributed by atoms with E-state index in [9.17, 15) is 22.8 Å². The molecule has 0 aliphatic rings. The highest BCUT2D eigenvalue weighted by Crippen LogP contribution is 2.34. The number of hydrogen-bond acceptors (Lipinski definition) is 4. The van der Waals surface area contributed by atoms with Crippen molar-refractivity contribution in [1.29, 1.82) is 0 Å². The van der Waals surface area contributed by atoms with Crippen LogP contribution in [0.4, 0.5) is 13.2 Å². The van der Waals surface area contributed by atoms with Gasteiger partial charge in [0.1, 0.15) is 11.3 Å². The van der Waals surface area contributed by atoms with Gasteiger partial charge in [-0.25, -0.2) is 4.79 Å². The van der Waals surface area contributed by atoms with E-state index in [1.807, 2.05) is 0 Å². The third-order valence-corrected chi connectivity index (χ3v) is 2.71. The van der Waals surface area contributed by atoms with Crippen LogP contribution in [0.15, 0.2) is 33.5 Å². The minimum absolute atomic E-state index is 0.0309. The molecule has 0 saturated carbocycles. The predicted molar refractivity (Wildman–Crippen MR) is 68.0 cm³/mol. The fraction of sp³-hybridized carbons (Fsp3) is 0.286. The summed E-state index contributed by atoms with van der Waals surface area (Å²) in [6.45, 7) is 1.79. The zero-order valence-corrected chi connectivity index (χ0v) is 11.0. The van der Waals surface area contributed by atoms with Crippen LogP contribution < -0.4 is 10.4 Å². The number of halogens is 3. The molecule has 0 fully saturated rings. The van der Waals surface area contributed by atoms with Crippen LogP contribution in [0.2, 0.25) is 0 Å². The van der Waals surface area contributed by atoms with Crippen LogP contribution in [0, 0.1) is 0 Å². The van der Waals surface area contributed by atoms with Crippen molar-refractivity contribution in [1.82, 2.24) is 0 Å². The molecule has 0 aliphatic heterocycles. The maximum absolute atomic E-state index is 12.8. The van der Waals surface area contributed by atoms with E-state index >= 15 is 0 Å². The molecule has 21 heavy (non-hydrogen) atoms. The van der Waals surface area contributed by atoms with E-state index in [0.29, 0.717) is 12.5 Å². The van der Waals surface area contributed by atoms with Crippen molar-refractivity contribution >= 4 is 16.9 Å². The summed E-state index contributed by atoms with van der Waals surface area (Å²) < 4.78 is 48.2. The summed E-state index contributed by atoms with van der Waals surface area (Å²) in [6.07, 6.45) is -3.90. The molecule has 0 amide bonds. The SMILES string of the molecule is CCCC(=O)Oc1ccc2c(C(F)(F)F)cc(=O)oc2c1. The number of carbonyl (C=O) groups is 1. The van der Waals surface area contributed by atoms with Gasteiger partial charge < -0.3 is 9.15 Å². The van der Waals surface area contributed by atoms with Gasteiger partial charge in [0.05, 0.1) is 5.56 Å². The standard InChI is InChI=1S/C14H11F3O4/c1-2-3-12(18)20-8-4-5-9-10(14(15,16)17)7-13(19)21-11(9)6-8/h4-7H,2-3H2,1H3. The summed E-state index contributed by atoms with van der Waals surface area (Å²) in [6, 6.07) is 3.82. The average molecular weight is 300 g/mol. The Morgan fingerprint density at radius 2 is 2.00 bits per heavy atom. The molecule has 2 aromatic rings. The third-order valence-electron chi connectivity index (χ3n) is 2.71. The van der Waals surface area contributed by atoms with Gasteiger partial charge in [-0.1, -0.05) is 6.92 Å². The van der Waals surface area contributed by atoms with Crippen molar-refractivity contribution in [2.24, 2.45) is 0 Å². The first-order valence-corrected chi connectivity index (χ1v) is 6.17. The third kappa shape index (κ3) is 3.42. The summed E-state index contributed by atoms with van der Waals surface area (Å²) in [5, 5.41) is -0.266. The quantitative estimate of drug-likeness (QED) is 0.494. The number of alkyl halides is 3. The van der Waals surface area contributed by atoms with E-state index in [2.05, 4.69) is 0 Å². The van der Waals surface area contributed by atoms with Crippen LogP contribution in [0.25, 0.3) is 11.0 Å². The van der Waals surface area contributed by atoms with E-state index < -0.39 is 23.3 Å². The molecule has 0 radical (unpaired) electrons. The van der Waals surface area contributed by atoms with Gasteiger partial charge in [0, 0.05) is 23.9 Å². The zero-order chi connectivity index (χ0) is 15.6. The zero-order valence-electron chi connectivity index (χ0n) is 11.0. The Hall–Kier alpha value is -2.31. The molecule has 0 saturated heterocycles. The Balaban J connectivity index is 2.49. The molecule has 0 unspecified atom stereocenters. The number of rotatable bonds is 3. The summed E-state index contributed by atoms with van der Waals surface area (Å²) in [5.74, 6) is -0.477. The van der Waals surface area contributed by atoms with Crippen molar-refractivity contribution in [2.75, 3.05) is 0 Å². The molecule has 7 heteroatoms. The molecular weight excluding hydrogens is 289 g/mol. The monoisotopic (exact) mass is 300 g/mol. The first-order valence-electron chi connectivity index (χ1n) is 6.17. The first-order chi connectivity index (χ1) is 9.81. The van der Waals surface area contributed by atoms with Gasteiger partial charge in [0.15, 0.2) is 0 Å². The average Bonchev–Trinajstić information content (AvgIpc) is 2.36. The Morgan fingerprint density at radius 3 is 2.62 bits per heavy atom. The molecule has 0 aliphatic carbocycles. The second kappa shape index (κ2) is 5.59.